The normalized spacial score (nSPS) is 31.7. The number of carbonyl (C=O) groups is 3. The minimum atomic E-state index is -1.02. The predicted octanol–water partition coefficient (Wildman–Crippen LogP) is -0.0691. The van der Waals surface area contributed by atoms with Gasteiger partial charge in [-0.15, -0.1) is 0 Å². The first-order valence-electron chi connectivity index (χ1n) is 6.66. The fourth-order valence-corrected chi connectivity index (χ4v) is 3.35. The van der Waals surface area contributed by atoms with Gasteiger partial charge in [0.05, 0.1) is 0 Å². The number of rotatable bonds is 1. The number of likely N-dealkylation sites (tertiary alicyclic amines) is 1. The van der Waals surface area contributed by atoms with Gasteiger partial charge in [0.2, 0.25) is 0 Å². The quantitative estimate of drug-likeness (QED) is 0.698. The standard InChI is InChI=1S/C12H16N2O6/c15-9(16)7-1-2-8-14(7)10(17)12(20-8)3-5-13(6-4-12)11(18)19/h7-8H,1-6H2,(H,15,16)(H,18,19)/t7-,8+/m0/s1. The molecule has 20 heavy (non-hydrogen) atoms. The molecule has 0 saturated carbocycles. The molecule has 0 aromatic carbocycles. The van der Waals surface area contributed by atoms with Crippen LogP contribution < -0.4 is 0 Å². The summed E-state index contributed by atoms with van der Waals surface area (Å²) in [5, 5.41) is 18.1. The number of carboxylic acids is 1. The molecule has 0 radical (unpaired) electrons. The third-order valence-electron chi connectivity index (χ3n) is 4.45. The zero-order valence-electron chi connectivity index (χ0n) is 10.8. The van der Waals surface area contributed by atoms with Gasteiger partial charge in [0.25, 0.3) is 5.91 Å². The number of piperidine rings is 1. The van der Waals surface area contributed by atoms with E-state index in [1.807, 2.05) is 0 Å². The van der Waals surface area contributed by atoms with Gasteiger partial charge in [-0.25, -0.2) is 9.59 Å². The average Bonchev–Trinajstić information content (AvgIpc) is 2.91. The minimum absolute atomic E-state index is 0.235. The number of amides is 2. The van der Waals surface area contributed by atoms with Gasteiger partial charge in [0.15, 0.2) is 5.60 Å². The van der Waals surface area contributed by atoms with Crippen molar-refractivity contribution in [1.82, 2.24) is 9.80 Å². The lowest BCUT2D eigenvalue weighted by atomic mass is 9.90. The van der Waals surface area contributed by atoms with Gasteiger partial charge in [-0.05, 0) is 12.8 Å². The molecule has 1 spiro atoms. The van der Waals surface area contributed by atoms with Crippen LogP contribution in [0.1, 0.15) is 25.7 Å². The monoisotopic (exact) mass is 284 g/mol. The zero-order valence-corrected chi connectivity index (χ0v) is 10.8. The first-order valence-corrected chi connectivity index (χ1v) is 6.66. The van der Waals surface area contributed by atoms with Crippen LogP contribution in [0.15, 0.2) is 0 Å². The highest BCUT2D eigenvalue weighted by Crippen LogP contribution is 2.42. The van der Waals surface area contributed by atoms with Gasteiger partial charge in [0, 0.05) is 25.9 Å². The first-order chi connectivity index (χ1) is 9.44. The van der Waals surface area contributed by atoms with Crippen molar-refractivity contribution in [2.45, 2.75) is 43.6 Å². The summed E-state index contributed by atoms with van der Waals surface area (Å²) in [5.41, 5.74) is -1.02. The number of aliphatic carboxylic acids is 1. The Labute approximate surface area is 114 Å². The van der Waals surface area contributed by atoms with Crippen molar-refractivity contribution < 1.29 is 29.3 Å². The van der Waals surface area contributed by atoms with E-state index in [1.54, 1.807) is 0 Å². The Kier molecular flexibility index (Phi) is 2.86. The minimum Gasteiger partial charge on any atom is -0.480 e. The van der Waals surface area contributed by atoms with Gasteiger partial charge in [-0.1, -0.05) is 0 Å². The molecule has 3 fully saturated rings. The number of carboxylic acid groups (broad SMARTS) is 2. The van der Waals surface area contributed by atoms with Crippen LogP contribution in [-0.2, 0) is 14.3 Å². The van der Waals surface area contributed by atoms with Crippen LogP contribution in [0.4, 0.5) is 4.79 Å². The molecule has 2 atom stereocenters. The molecule has 3 aliphatic heterocycles. The highest BCUT2D eigenvalue weighted by molar-refractivity contribution is 5.92. The highest BCUT2D eigenvalue weighted by Gasteiger charge is 2.59. The second-order valence-corrected chi connectivity index (χ2v) is 5.48. The van der Waals surface area contributed by atoms with E-state index in [2.05, 4.69) is 0 Å². The number of fused-ring (bicyclic) bond motifs is 1. The van der Waals surface area contributed by atoms with E-state index in [1.165, 1.54) is 9.80 Å². The van der Waals surface area contributed by atoms with E-state index in [9.17, 15) is 14.4 Å². The van der Waals surface area contributed by atoms with Crippen LogP contribution in [-0.4, -0.2) is 68.9 Å². The average molecular weight is 284 g/mol. The third-order valence-corrected chi connectivity index (χ3v) is 4.45. The van der Waals surface area contributed by atoms with Crippen molar-refractivity contribution in [2.75, 3.05) is 13.1 Å². The molecule has 3 rings (SSSR count). The summed E-state index contributed by atoms with van der Waals surface area (Å²) >= 11 is 0. The van der Waals surface area contributed by atoms with Crippen molar-refractivity contribution in [3.8, 4) is 0 Å². The number of carbonyl (C=O) groups excluding carboxylic acids is 1. The third kappa shape index (κ3) is 1.75. The molecule has 0 bridgehead atoms. The van der Waals surface area contributed by atoms with Crippen LogP contribution in [0.5, 0.6) is 0 Å². The molecule has 3 saturated heterocycles. The van der Waals surface area contributed by atoms with Crippen molar-refractivity contribution in [1.29, 1.82) is 0 Å². The summed E-state index contributed by atoms with van der Waals surface area (Å²) < 4.78 is 5.83. The Hall–Kier alpha value is -1.83. The highest BCUT2D eigenvalue weighted by atomic mass is 16.6. The van der Waals surface area contributed by atoms with Crippen LogP contribution in [0.3, 0.4) is 0 Å². The second kappa shape index (κ2) is 4.34. The van der Waals surface area contributed by atoms with E-state index in [0.29, 0.717) is 12.8 Å². The molecule has 8 nitrogen and oxygen atoms in total. The van der Waals surface area contributed by atoms with Gasteiger partial charge in [-0.3, -0.25) is 4.79 Å². The van der Waals surface area contributed by atoms with E-state index >= 15 is 0 Å². The fraction of sp³-hybridized carbons (Fsp3) is 0.750. The Balaban J connectivity index is 1.77. The lowest BCUT2D eigenvalue weighted by molar-refractivity contribution is -0.149. The van der Waals surface area contributed by atoms with Gasteiger partial charge in [-0.2, -0.15) is 0 Å². The zero-order chi connectivity index (χ0) is 14.5. The number of ether oxygens (including phenoxy) is 1. The summed E-state index contributed by atoms with van der Waals surface area (Å²) in [6, 6.07) is -0.815. The summed E-state index contributed by atoms with van der Waals surface area (Å²) in [5.74, 6) is -1.30. The molecule has 8 heteroatoms. The second-order valence-electron chi connectivity index (χ2n) is 5.48. The van der Waals surface area contributed by atoms with Gasteiger partial charge < -0.3 is 24.7 Å². The molecular weight excluding hydrogens is 268 g/mol. The maximum atomic E-state index is 12.5. The molecule has 0 aliphatic carbocycles. The lowest BCUT2D eigenvalue weighted by Crippen LogP contribution is -2.52. The van der Waals surface area contributed by atoms with E-state index in [-0.39, 0.29) is 31.8 Å². The van der Waals surface area contributed by atoms with E-state index in [0.717, 1.165) is 0 Å². The molecule has 0 aromatic rings. The van der Waals surface area contributed by atoms with Crippen LogP contribution in [0, 0.1) is 0 Å². The van der Waals surface area contributed by atoms with Crippen molar-refractivity contribution in [2.24, 2.45) is 0 Å². The lowest BCUT2D eigenvalue weighted by Gasteiger charge is -2.36. The number of hydrogen-bond donors (Lipinski definition) is 2. The number of hydrogen-bond acceptors (Lipinski definition) is 4. The van der Waals surface area contributed by atoms with Crippen LogP contribution in [0.2, 0.25) is 0 Å². The SMILES string of the molecule is O=C(O)[C@@H]1CC[C@H]2OC3(CCN(C(=O)O)CC3)C(=O)N21. The Morgan fingerprint density at radius 3 is 2.40 bits per heavy atom. The molecule has 3 heterocycles. The van der Waals surface area contributed by atoms with E-state index in [4.69, 9.17) is 14.9 Å². The fourth-order valence-electron chi connectivity index (χ4n) is 3.35. The van der Waals surface area contributed by atoms with E-state index < -0.39 is 29.9 Å². The summed E-state index contributed by atoms with van der Waals surface area (Å²) in [7, 11) is 0. The van der Waals surface area contributed by atoms with Gasteiger partial charge >= 0.3 is 12.1 Å². The number of nitrogens with zero attached hydrogens (tertiary/aromatic N) is 2. The van der Waals surface area contributed by atoms with Crippen molar-refractivity contribution in [3.63, 3.8) is 0 Å². The maximum Gasteiger partial charge on any atom is 0.407 e. The van der Waals surface area contributed by atoms with Gasteiger partial charge in [0.1, 0.15) is 12.3 Å². The molecule has 2 amide bonds. The molecule has 0 aromatic heterocycles. The predicted molar refractivity (Wildman–Crippen MR) is 63.9 cm³/mol. The molecule has 0 unspecified atom stereocenters. The Morgan fingerprint density at radius 1 is 1.20 bits per heavy atom. The first kappa shape index (κ1) is 13.2. The Morgan fingerprint density at radius 2 is 1.85 bits per heavy atom. The topological polar surface area (TPSA) is 107 Å². The molecule has 2 N–H and O–H groups in total. The summed E-state index contributed by atoms with van der Waals surface area (Å²) in [4.78, 5) is 37.2. The molecule has 3 aliphatic rings. The molecule has 110 valence electrons. The summed E-state index contributed by atoms with van der Waals surface area (Å²) in [6.07, 6.45) is 0.0275. The van der Waals surface area contributed by atoms with Crippen molar-refractivity contribution in [3.05, 3.63) is 0 Å². The van der Waals surface area contributed by atoms with Crippen LogP contribution in [0.25, 0.3) is 0 Å². The maximum absolute atomic E-state index is 12.5. The summed E-state index contributed by atoms with van der Waals surface area (Å²) in [6.45, 7) is 0.471. The largest absolute Gasteiger partial charge is 0.480 e. The van der Waals surface area contributed by atoms with Crippen LogP contribution >= 0.6 is 0 Å². The van der Waals surface area contributed by atoms with Crippen molar-refractivity contribution >= 4 is 18.0 Å². The Bertz CT molecular complexity index is 471. The smallest absolute Gasteiger partial charge is 0.407 e. The molecular formula is C12H16N2O6.